The standard InChI is InChI=1S/C63H104O6/c1-4-7-10-13-16-19-22-25-28-31-34-37-40-43-46-49-52-55-61(64)67-58-60(69-63(66)57-54-51-48-45-42-39-36-33-30-27-24-21-18-15-12-9-6-3)59-68-62(65)56-53-50-47-44-41-38-35-32-29-26-23-20-17-14-11-8-5-2/h7,10,16-21,25-30,34,37,43,46,60H,4-6,8-9,11-15,22-24,31-33,35-36,38-42,44-45,47-59H2,1-3H3/b10-7-,19-16-,20-17-,21-18-,28-25-,29-26-,30-27-,37-34-,46-43-. The molecule has 69 heavy (non-hydrogen) atoms. The monoisotopic (exact) mass is 957 g/mol. The summed E-state index contributed by atoms with van der Waals surface area (Å²) in [4.78, 5) is 38.1. The van der Waals surface area contributed by atoms with Gasteiger partial charge in [0, 0.05) is 19.3 Å². The molecule has 0 spiro atoms. The van der Waals surface area contributed by atoms with Gasteiger partial charge in [-0.3, -0.25) is 14.4 Å². The highest BCUT2D eigenvalue weighted by atomic mass is 16.6. The summed E-state index contributed by atoms with van der Waals surface area (Å²) in [7, 11) is 0. The molecule has 0 heterocycles. The van der Waals surface area contributed by atoms with Gasteiger partial charge in [0.15, 0.2) is 6.10 Å². The van der Waals surface area contributed by atoms with Gasteiger partial charge in [-0.1, -0.05) is 220 Å². The molecule has 6 nitrogen and oxygen atoms in total. The molecule has 0 saturated carbocycles. The van der Waals surface area contributed by atoms with Crippen LogP contribution in [0.15, 0.2) is 109 Å². The van der Waals surface area contributed by atoms with Crippen molar-refractivity contribution >= 4 is 17.9 Å². The number of unbranched alkanes of at least 4 members (excludes halogenated alkanes) is 21. The van der Waals surface area contributed by atoms with E-state index in [0.717, 1.165) is 103 Å². The first-order valence-electron chi connectivity index (χ1n) is 28.4. The van der Waals surface area contributed by atoms with Crippen LogP contribution in [0.25, 0.3) is 0 Å². The van der Waals surface area contributed by atoms with Crippen LogP contribution in [-0.2, 0) is 28.6 Å². The summed E-state index contributed by atoms with van der Waals surface area (Å²) >= 11 is 0. The van der Waals surface area contributed by atoms with Crippen molar-refractivity contribution in [3.05, 3.63) is 109 Å². The molecule has 1 atom stereocenters. The van der Waals surface area contributed by atoms with E-state index in [9.17, 15) is 14.4 Å². The van der Waals surface area contributed by atoms with Gasteiger partial charge in [-0.2, -0.15) is 0 Å². The van der Waals surface area contributed by atoms with Crippen molar-refractivity contribution in [1.29, 1.82) is 0 Å². The van der Waals surface area contributed by atoms with E-state index >= 15 is 0 Å². The van der Waals surface area contributed by atoms with Gasteiger partial charge in [-0.05, 0) is 122 Å². The second-order valence-electron chi connectivity index (χ2n) is 18.5. The molecule has 0 saturated heterocycles. The van der Waals surface area contributed by atoms with Gasteiger partial charge in [0.2, 0.25) is 0 Å². The molecule has 0 N–H and O–H groups in total. The number of carbonyl (C=O) groups excluding carboxylic acids is 3. The van der Waals surface area contributed by atoms with Crippen LogP contribution in [0, 0.1) is 0 Å². The number of hydrogen-bond acceptors (Lipinski definition) is 6. The topological polar surface area (TPSA) is 78.9 Å². The summed E-state index contributed by atoms with van der Waals surface area (Å²) in [5.41, 5.74) is 0. The van der Waals surface area contributed by atoms with E-state index in [1.54, 1.807) is 0 Å². The quantitative estimate of drug-likeness (QED) is 0.0262. The van der Waals surface area contributed by atoms with Gasteiger partial charge in [0.25, 0.3) is 0 Å². The lowest BCUT2D eigenvalue weighted by Gasteiger charge is -2.18. The molecule has 0 aliphatic rings. The molecular weight excluding hydrogens is 853 g/mol. The van der Waals surface area contributed by atoms with E-state index in [1.807, 2.05) is 0 Å². The van der Waals surface area contributed by atoms with Crippen molar-refractivity contribution in [2.24, 2.45) is 0 Å². The minimum Gasteiger partial charge on any atom is -0.462 e. The Balaban J connectivity index is 4.51. The zero-order chi connectivity index (χ0) is 50.0. The van der Waals surface area contributed by atoms with Crippen LogP contribution >= 0.6 is 0 Å². The van der Waals surface area contributed by atoms with E-state index in [-0.39, 0.29) is 37.5 Å². The number of rotatable bonds is 50. The van der Waals surface area contributed by atoms with Gasteiger partial charge in [0.05, 0.1) is 0 Å². The van der Waals surface area contributed by atoms with E-state index < -0.39 is 6.10 Å². The van der Waals surface area contributed by atoms with Crippen molar-refractivity contribution in [2.75, 3.05) is 13.2 Å². The van der Waals surface area contributed by atoms with Crippen LogP contribution in [0.5, 0.6) is 0 Å². The maximum absolute atomic E-state index is 12.9. The first kappa shape index (κ1) is 65.1. The van der Waals surface area contributed by atoms with Crippen molar-refractivity contribution in [1.82, 2.24) is 0 Å². The predicted molar refractivity (Wildman–Crippen MR) is 297 cm³/mol. The maximum atomic E-state index is 12.9. The average Bonchev–Trinajstić information content (AvgIpc) is 3.35. The summed E-state index contributed by atoms with van der Waals surface area (Å²) in [6.07, 6.45) is 76.4. The summed E-state index contributed by atoms with van der Waals surface area (Å²) in [5, 5.41) is 0. The Morgan fingerprint density at radius 3 is 0.942 bits per heavy atom. The molecule has 0 rings (SSSR count). The Kier molecular flexibility index (Phi) is 53.4. The van der Waals surface area contributed by atoms with E-state index in [0.29, 0.717) is 19.3 Å². The predicted octanol–water partition coefficient (Wildman–Crippen LogP) is 19.1. The maximum Gasteiger partial charge on any atom is 0.306 e. The molecular formula is C63H104O6. The fraction of sp³-hybridized carbons (Fsp3) is 0.667. The third-order valence-electron chi connectivity index (χ3n) is 11.7. The normalized spacial score (nSPS) is 12.9. The first-order chi connectivity index (χ1) is 34.0. The molecule has 0 amide bonds. The zero-order valence-electron chi connectivity index (χ0n) is 44.8. The fourth-order valence-corrected chi connectivity index (χ4v) is 7.48. The molecule has 0 aromatic heterocycles. The molecule has 6 heteroatoms. The molecule has 0 aromatic carbocycles. The van der Waals surface area contributed by atoms with Gasteiger partial charge >= 0.3 is 17.9 Å². The van der Waals surface area contributed by atoms with Crippen molar-refractivity contribution in [2.45, 2.75) is 258 Å². The Morgan fingerprint density at radius 1 is 0.304 bits per heavy atom. The number of allylic oxidation sites excluding steroid dienone is 18. The average molecular weight is 958 g/mol. The van der Waals surface area contributed by atoms with Crippen LogP contribution in [0.4, 0.5) is 0 Å². The molecule has 0 aliphatic heterocycles. The molecule has 0 fully saturated rings. The lowest BCUT2D eigenvalue weighted by atomic mass is 10.1. The lowest BCUT2D eigenvalue weighted by molar-refractivity contribution is -0.167. The van der Waals surface area contributed by atoms with Crippen molar-refractivity contribution in [3.8, 4) is 0 Å². The minimum absolute atomic E-state index is 0.105. The Morgan fingerprint density at radius 2 is 0.580 bits per heavy atom. The van der Waals surface area contributed by atoms with E-state index in [2.05, 4.69) is 130 Å². The summed E-state index contributed by atoms with van der Waals surface area (Å²) in [5.74, 6) is -0.980. The van der Waals surface area contributed by atoms with Crippen molar-refractivity contribution < 1.29 is 28.6 Å². The lowest BCUT2D eigenvalue weighted by Crippen LogP contribution is -2.30. The molecule has 0 aromatic rings. The Bertz CT molecular complexity index is 1420. The largest absolute Gasteiger partial charge is 0.462 e. The van der Waals surface area contributed by atoms with Gasteiger partial charge in [-0.15, -0.1) is 0 Å². The third kappa shape index (κ3) is 54.9. The number of ether oxygens (including phenoxy) is 3. The third-order valence-corrected chi connectivity index (χ3v) is 11.7. The highest BCUT2D eigenvalue weighted by molar-refractivity contribution is 5.71. The molecule has 392 valence electrons. The highest BCUT2D eigenvalue weighted by Crippen LogP contribution is 2.14. The number of esters is 3. The zero-order valence-corrected chi connectivity index (χ0v) is 44.8. The van der Waals surface area contributed by atoms with Crippen LogP contribution in [-0.4, -0.2) is 37.2 Å². The van der Waals surface area contributed by atoms with Crippen molar-refractivity contribution in [3.63, 3.8) is 0 Å². The van der Waals surface area contributed by atoms with Crippen LogP contribution in [0.2, 0.25) is 0 Å². The molecule has 1 unspecified atom stereocenters. The second kappa shape index (κ2) is 56.7. The van der Waals surface area contributed by atoms with Gasteiger partial charge in [0.1, 0.15) is 13.2 Å². The minimum atomic E-state index is -0.811. The summed E-state index contributed by atoms with van der Waals surface area (Å²) < 4.78 is 16.8. The van der Waals surface area contributed by atoms with E-state index in [1.165, 1.54) is 103 Å². The highest BCUT2D eigenvalue weighted by Gasteiger charge is 2.19. The smallest absolute Gasteiger partial charge is 0.306 e. The van der Waals surface area contributed by atoms with Gasteiger partial charge in [-0.25, -0.2) is 0 Å². The second-order valence-corrected chi connectivity index (χ2v) is 18.5. The SMILES string of the molecule is CC/C=C\C/C=C\C/C=C\C/C=C\C/C=C\CCCC(=O)OCC(COC(=O)CCCCCCCCC/C=C\C/C=C\CCCCC)OC(=O)CCCCCCCCC/C=C\C/C=C\CCCCC. The summed E-state index contributed by atoms with van der Waals surface area (Å²) in [6.45, 7) is 6.41. The fourth-order valence-electron chi connectivity index (χ4n) is 7.48. The first-order valence-corrected chi connectivity index (χ1v) is 28.4. The number of hydrogen-bond donors (Lipinski definition) is 0. The van der Waals surface area contributed by atoms with E-state index in [4.69, 9.17) is 14.2 Å². The number of carbonyl (C=O) groups is 3. The van der Waals surface area contributed by atoms with Crippen LogP contribution < -0.4 is 0 Å². The van der Waals surface area contributed by atoms with Gasteiger partial charge < -0.3 is 14.2 Å². The molecule has 0 aliphatic carbocycles. The Labute approximate surface area is 425 Å². The van der Waals surface area contributed by atoms with Crippen LogP contribution in [0.1, 0.15) is 252 Å². The van der Waals surface area contributed by atoms with Crippen LogP contribution in [0.3, 0.4) is 0 Å². The summed E-state index contributed by atoms with van der Waals surface area (Å²) in [6, 6.07) is 0. The Hall–Kier alpha value is -3.93. The molecule has 0 bridgehead atoms. The molecule has 0 radical (unpaired) electrons.